The van der Waals surface area contributed by atoms with Crippen molar-refractivity contribution in [2.45, 2.75) is 32.6 Å². The van der Waals surface area contributed by atoms with E-state index in [0.29, 0.717) is 18.7 Å². The van der Waals surface area contributed by atoms with Crippen LogP contribution in [0, 0.1) is 0 Å². The van der Waals surface area contributed by atoms with Gasteiger partial charge in [-0.3, -0.25) is 0 Å². The molecule has 2 N–H and O–H groups in total. The summed E-state index contributed by atoms with van der Waals surface area (Å²) in [5.74, 6) is 0. The molecule has 0 amide bonds. The molecule has 0 aliphatic heterocycles. The first-order chi connectivity index (χ1) is 5.77. The van der Waals surface area contributed by atoms with Crippen molar-refractivity contribution in [1.29, 1.82) is 0 Å². The van der Waals surface area contributed by atoms with Crippen LogP contribution in [0.15, 0.2) is 6.20 Å². The van der Waals surface area contributed by atoms with Crippen molar-refractivity contribution < 1.29 is 10.2 Å². The Kier molecular flexibility index (Phi) is 3.19. The van der Waals surface area contributed by atoms with E-state index < -0.39 is 6.10 Å². The topological polar surface area (TPSA) is 71.2 Å². The van der Waals surface area contributed by atoms with Gasteiger partial charge >= 0.3 is 0 Å². The molecule has 1 aromatic heterocycles. The van der Waals surface area contributed by atoms with Crippen molar-refractivity contribution in [3.05, 3.63) is 11.9 Å². The second kappa shape index (κ2) is 4.18. The van der Waals surface area contributed by atoms with Gasteiger partial charge in [0, 0.05) is 0 Å². The minimum Gasteiger partial charge on any atom is -0.391 e. The van der Waals surface area contributed by atoms with Gasteiger partial charge in [-0.15, -0.1) is 5.10 Å². The Bertz CT molecular complexity index is 236. The van der Waals surface area contributed by atoms with Gasteiger partial charge in [-0.1, -0.05) is 12.1 Å². The summed E-state index contributed by atoms with van der Waals surface area (Å²) in [6, 6.07) is 0. The summed E-state index contributed by atoms with van der Waals surface area (Å²) in [5.41, 5.74) is 0.627. The number of hydrogen-bond donors (Lipinski definition) is 2. The van der Waals surface area contributed by atoms with Gasteiger partial charge < -0.3 is 10.2 Å². The van der Waals surface area contributed by atoms with E-state index in [9.17, 15) is 5.11 Å². The maximum absolute atomic E-state index is 9.28. The first-order valence-electron chi connectivity index (χ1n) is 3.94. The molecule has 0 spiro atoms. The summed E-state index contributed by atoms with van der Waals surface area (Å²) in [5, 5.41) is 25.4. The zero-order chi connectivity index (χ0) is 8.97. The second-order valence-electron chi connectivity index (χ2n) is 2.63. The van der Waals surface area contributed by atoms with Gasteiger partial charge in [0.2, 0.25) is 0 Å². The summed E-state index contributed by atoms with van der Waals surface area (Å²) >= 11 is 0. The third kappa shape index (κ3) is 2.02. The fraction of sp³-hybridized carbons (Fsp3) is 0.714. The van der Waals surface area contributed by atoms with E-state index in [1.807, 2.05) is 6.92 Å². The molecule has 1 heterocycles. The Morgan fingerprint density at radius 2 is 2.42 bits per heavy atom. The van der Waals surface area contributed by atoms with E-state index in [1.165, 1.54) is 10.9 Å². The Morgan fingerprint density at radius 1 is 1.67 bits per heavy atom. The van der Waals surface area contributed by atoms with Gasteiger partial charge in [0.15, 0.2) is 0 Å². The standard InChI is InChI=1S/C7H13N3O2/c1-2-7(12)4-10-6(5-11)3-8-9-10/h3,7,11-12H,2,4-5H2,1H3/t7-/m0/s1. The molecule has 0 radical (unpaired) electrons. The highest BCUT2D eigenvalue weighted by molar-refractivity contribution is 4.91. The summed E-state index contributed by atoms with van der Waals surface area (Å²) < 4.78 is 1.51. The van der Waals surface area contributed by atoms with Gasteiger partial charge in [0.05, 0.1) is 31.1 Å². The van der Waals surface area contributed by atoms with Crippen LogP contribution in [0.4, 0.5) is 0 Å². The SMILES string of the molecule is CC[C@H](O)Cn1nncc1CO. The monoisotopic (exact) mass is 171 g/mol. The summed E-state index contributed by atoms with van der Waals surface area (Å²) in [4.78, 5) is 0. The number of rotatable bonds is 4. The van der Waals surface area contributed by atoms with Crippen LogP contribution in [-0.4, -0.2) is 31.3 Å². The molecule has 0 saturated carbocycles. The molecular formula is C7H13N3O2. The lowest BCUT2D eigenvalue weighted by Gasteiger charge is -2.08. The number of aliphatic hydroxyl groups excluding tert-OH is 2. The minimum atomic E-state index is -0.419. The highest BCUT2D eigenvalue weighted by atomic mass is 16.3. The van der Waals surface area contributed by atoms with Crippen LogP contribution < -0.4 is 0 Å². The molecule has 0 unspecified atom stereocenters. The first kappa shape index (κ1) is 9.15. The average molecular weight is 171 g/mol. The lowest BCUT2D eigenvalue weighted by molar-refractivity contribution is 0.140. The molecular weight excluding hydrogens is 158 g/mol. The molecule has 1 atom stereocenters. The molecule has 0 bridgehead atoms. The third-order valence-corrected chi connectivity index (χ3v) is 1.71. The molecule has 0 aromatic carbocycles. The van der Waals surface area contributed by atoms with Gasteiger partial charge in [0.25, 0.3) is 0 Å². The summed E-state index contributed by atoms with van der Waals surface area (Å²) in [6.45, 7) is 2.19. The fourth-order valence-electron chi connectivity index (χ4n) is 0.884. The van der Waals surface area contributed by atoms with Crippen LogP contribution in [0.5, 0.6) is 0 Å². The van der Waals surface area contributed by atoms with Crippen molar-refractivity contribution in [3.63, 3.8) is 0 Å². The van der Waals surface area contributed by atoms with E-state index in [2.05, 4.69) is 10.3 Å². The third-order valence-electron chi connectivity index (χ3n) is 1.71. The Hall–Kier alpha value is -0.940. The lowest BCUT2D eigenvalue weighted by atomic mass is 10.3. The summed E-state index contributed by atoms with van der Waals surface area (Å²) in [7, 11) is 0. The van der Waals surface area contributed by atoms with Crippen LogP contribution in [0.25, 0.3) is 0 Å². The molecule has 5 nitrogen and oxygen atoms in total. The van der Waals surface area contributed by atoms with E-state index in [1.54, 1.807) is 0 Å². The van der Waals surface area contributed by atoms with Crippen molar-refractivity contribution in [2.75, 3.05) is 0 Å². The molecule has 5 heteroatoms. The zero-order valence-corrected chi connectivity index (χ0v) is 7.01. The molecule has 1 aromatic rings. The van der Waals surface area contributed by atoms with Crippen LogP contribution in [0.3, 0.4) is 0 Å². The number of hydrogen-bond acceptors (Lipinski definition) is 4. The first-order valence-corrected chi connectivity index (χ1v) is 3.94. The Morgan fingerprint density at radius 3 is 3.00 bits per heavy atom. The van der Waals surface area contributed by atoms with E-state index in [0.717, 1.165) is 0 Å². The van der Waals surface area contributed by atoms with Crippen LogP contribution in [0.1, 0.15) is 19.0 Å². The Balaban J connectivity index is 2.61. The zero-order valence-electron chi connectivity index (χ0n) is 7.01. The lowest BCUT2D eigenvalue weighted by Crippen LogP contribution is -2.17. The number of nitrogens with zero attached hydrogens (tertiary/aromatic N) is 3. The molecule has 68 valence electrons. The van der Waals surface area contributed by atoms with Crippen molar-refractivity contribution >= 4 is 0 Å². The van der Waals surface area contributed by atoms with Crippen LogP contribution in [-0.2, 0) is 13.2 Å². The maximum Gasteiger partial charge on any atom is 0.0866 e. The van der Waals surface area contributed by atoms with Gasteiger partial charge in [-0.2, -0.15) is 0 Å². The van der Waals surface area contributed by atoms with Crippen LogP contribution >= 0.6 is 0 Å². The van der Waals surface area contributed by atoms with Gasteiger partial charge in [-0.25, -0.2) is 4.68 Å². The van der Waals surface area contributed by atoms with Crippen molar-refractivity contribution in [1.82, 2.24) is 15.0 Å². The highest BCUT2D eigenvalue weighted by Gasteiger charge is 2.06. The average Bonchev–Trinajstić information content (AvgIpc) is 2.51. The van der Waals surface area contributed by atoms with Gasteiger partial charge in [-0.05, 0) is 6.42 Å². The fourth-order valence-corrected chi connectivity index (χ4v) is 0.884. The minimum absolute atomic E-state index is 0.0938. The molecule has 12 heavy (non-hydrogen) atoms. The Labute approximate surface area is 70.6 Å². The number of aliphatic hydroxyl groups is 2. The quantitative estimate of drug-likeness (QED) is 0.643. The predicted molar refractivity (Wildman–Crippen MR) is 42.2 cm³/mol. The largest absolute Gasteiger partial charge is 0.391 e. The molecule has 1 rings (SSSR count). The van der Waals surface area contributed by atoms with Gasteiger partial charge in [0.1, 0.15) is 0 Å². The second-order valence-corrected chi connectivity index (χ2v) is 2.63. The summed E-state index contributed by atoms with van der Waals surface area (Å²) in [6.07, 6.45) is 1.74. The van der Waals surface area contributed by atoms with E-state index in [4.69, 9.17) is 5.11 Å². The normalized spacial score (nSPS) is 13.2. The predicted octanol–water partition coefficient (Wildman–Crippen LogP) is -0.459. The van der Waals surface area contributed by atoms with E-state index >= 15 is 0 Å². The molecule has 0 fully saturated rings. The van der Waals surface area contributed by atoms with E-state index in [-0.39, 0.29) is 6.61 Å². The van der Waals surface area contributed by atoms with Crippen molar-refractivity contribution in [2.24, 2.45) is 0 Å². The molecule has 0 aliphatic rings. The molecule has 0 saturated heterocycles. The maximum atomic E-state index is 9.28. The smallest absolute Gasteiger partial charge is 0.0866 e. The van der Waals surface area contributed by atoms with Crippen molar-refractivity contribution in [3.8, 4) is 0 Å². The van der Waals surface area contributed by atoms with Crippen LogP contribution in [0.2, 0.25) is 0 Å². The highest BCUT2D eigenvalue weighted by Crippen LogP contribution is 1.99. The number of aromatic nitrogens is 3. The molecule has 0 aliphatic carbocycles.